The lowest BCUT2D eigenvalue weighted by Crippen LogP contribution is -2.29. The first-order valence-corrected chi connectivity index (χ1v) is 11.7. The Morgan fingerprint density at radius 2 is 1.82 bits per heavy atom. The molecule has 174 valence electrons. The number of pyridine rings is 1. The second-order valence-corrected chi connectivity index (χ2v) is 9.28. The van der Waals surface area contributed by atoms with Crippen LogP contribution < -0.4 is 14.8 Å². The number of rotatable bonds is 5. The van der Waals surface area contributed by atoms with Gasteiger partial charge in [0.05, 0.1) is 28.3 Å². The SMILES string of the molecule is COc1ccc(/C(O)=C2\C(=O)C(=O)N(c3ccc(S(N)(=O)=O)cc3)C2c2ccccn2)cc1Cl. The second kappa shape index (κ2) is 8.90. The van der Waals surface area contributed by atoms with Crippen LogP contribution >= 0.6 is 11.6 Å². The van der Waals surface area contributed by atoms with E-state index in [9.17, 15) is 23.1 Å². The second-order valence-electron chi connectivity index (χ2n) is 7.31. The highest BCUT2D eigenvalue weighted by Gasteiger charge is 2.47. The fourth-order valence-corrected chi connectivity index (χ4v) is 4.46. The number of nitrogens with two attached hydrogens (primary N) is 1. The van der Waals surface area contributed by atoms with Gasteiger partial charge in [0.15, 0.2) is 0 Å². The minimum absolute atomic E-state index is 0.157. The van der Waals surface area contributed by atoms with Gasteiger partial charge in [-0.05, 0) is 54.6 Å². The van der Waals surface area contributed by atoms with Gasteiger partial charge in [-0.25, -0.2) is 13.6 Å². The molecule has 1 atom stereocenters. The molecule has 1 aromatic heterocycles. The van der Waals surface area contributed by atoms with E-state index in [1.807, 2.05) is 0 Å². The van der Waals surface area contributed by atoms with E-state index in [2.05, 4.69) is 4.98 Å². The smallest absolute Gasteiger partial charge is 0.300 e. The zero-order valence-electron chi connectivity index (χ0n) is 17.7. The lowest BCUT2D eigenvalue weighted by Gasteiger charge is -2.24. The standard InChI is InChI=1S/C23H18ClN3O6S/c1-33-18-10-5-13(12-16(18)24)21(28)19-20(17-4-2-3-11-26-17)27(23(30)22(19)29)14-6-8-15(9-7-14)34(25,31)32/h2-12,20,28H,1H3,(H2,25,31,32)/b21-19+. The number of Topliss-reactive ketones (excluding diaryl/α,β-unsaturated/α-hetero) is 1. The van der Waals surface area contributed by atoms with Gasteiger partial charge in [-0.3, -0.25) is 19.5 Å². The number of aliphatic hydroxyl groups is 1. The Kier molecular flexibility index (Phi) is 6.13. The van der Waals surface area contributed by atoms with Crippen molar-refractivity contribution in [2.75, 3.05) is 12.0 Å². The number of amides is 1. The number of ketones is 1. The number of ether oxygens (including phenoxy) is 1. The van der Waals surface area contributed by atoms with E-state index in [0.717, 1.165) is 4.90 Å². The number of hydrogen-bond acceptors (Lipinski definition) is 7. The largest absolute Gasteiger partial charge is 0.507 e. The number of nitrogens with zero attached hydrogens (tertiary/aromatic N) is 2. The van der Waals surface area contributed by atoms with Crippen molar-refractivity contribution in [2.45, 2.75) is 10.9 Å². The van der Waals surface area contributed by atoms with Crippen molar-refractivity contribution >= 4 is 44.8 Å². The molecule has 1 fully saturated rings. The summed E-state index contributed by atoms with van der Waals surface area (Å²) in [7, 11) is -2.52. The van der Waals surface area contributed by atoms with Crippen molar-refractivity contribution in [1.82, 2.24) is 4.98 Å². The zero-order chi connectivity index (χ0) is 24.6. The van der Waals surface area contributed by atoms with Gasteiger partial charge in [0, 0.05) is 17.4 Å². The van der Waals surface area contributed by atoms with Crippen LogP contribution in [0.3, 0.4) is 0 Å². The number of halogens is 1. The molecule has 3 N–H and O–H groups in total. The van der Waals surface area contributed by atoms with Gasteiger partial charge in [-0.1, -0.05) is 17.7 Å². The number of benzene rings is 2. The van der Waals surface area contributed by atoms with Crippen LogP contribution in [0.25, 0.3) is 5.76 Å². The lowest BCUT2D eigenvalue weighted by molar-refractivity contribution is -0.132. The fourth-order valence-electron chi connectivity index (χ4n) is 3.68. The molecule has 1 aliphatic rings. The Labute approximate surface area is 200 Å². The summed E-state index contributed by atoms with van der Waals surface area (Å²) in [6, 6.07) is 13.5. The minimum atomic E-state index is -3.96. The summed E-state index contributed by atoms with van der Waals surface area (Å²) in [5, 5.41) is 16.5. The average molecular weight is 500 g/mol. The van der Waals surface area contributed by atoms with E-state index in [1.54, 1.807) is 18.2 Å². The van der Waals surface area contributed by atoms with Crippen LogP contribution in [0.4, 0.5) is 5.69 Å². The number of hydrogen-bond donors (Lipinski definition) is 2. The van der Waals surface area contributed by atoms with Crippen molar-refractivity contribution in [2.24, 2.45) is 5.14 Å². The number of carbonyl (C=O) groups excluding carboxylic acids is 2. The Morgan fingerprint density at radius 1 is 1.12 bits per heavy atom. The molecule has 2 aromatic carbocycles. The summed E-state index contributed by atoms with van der Waals surface area (Å²) >= 11 is 6.18. The monoisotopic (exact) mass is 499 g/mol. The third kappa shape index (κ3) is 4.14. The van der Waals surface area contributed by atoms with Crippen molar-refractivity contribution in [3.63, 3.8) is 0 Å². The van der Waals surface area contributed by atoms with Crippen LogP contribution in [0.15, 0.2) is 77.3 Å². The van der Waals surface area contributed by atoms with E-state index in [-0.39, 0.29) is 26.7 Å². The minimum Gasteiger partial charge on any atom is -0.507 e. The number of aromatic nitrogens is 1. The molecule has 0 bridgehead atoms. The summed E-state index contributed by atoms with van der Waals surface area (Å²) < 4.78 is 28.3. The normalized spacial score (nSPS) is 17.7. The molecule has 1 unspecified atom stereocenters. The molecule has 0 aliphatic carbocycles. The maximum Gasteiger partial charge on any atom is 0.300 e. The predicted molar refractivity (Wildman–Crippen MR) is 125 cm³/mol. The van der Waals surface area contributed by atoms with Gasteiger partial charge in [0.2, 0.25) is 10.0 Å². The summed E-state index contributed by atoms with van der Waals surface area (Å²) in [6.45, 7) is 0. The van der Waals surface area contributed by atoms with Gasteiger partial charge in [0.25, 0.3) is 11.7 Å². The van der Waals surface area contributed by atoms with Crippen molar-refractivity contribution in [3.05, 3.63) is 88.7 Å². The zero-order valence-corrected chi connectivity index (χ0v) is 19.2. The molecule has 1 aliphatic heterocycles. The van der Waals surface area contributed by atoms with Crippen LogP contribution in [0, 0.1) is 0 Å². The Hall–Kier alpha value is -3.73. The summed E-state index contributed by atoms with van der Waals surface area (Å²) in [6.07, 6.45) is 1.49. The Bertz CT molecular complexity index is 1420. The van der Waals surface area contributed by atoms with Crippen LogP contribution in [0.5, 0.6) is 5.75 Å². The van der Waals surface area contributed by atoms with E-state index in [0.29, 0.717) is 11.4 Å². The highest BCUT2D eigenvalue weighted by molar-refractivity contribution is 7.89. The first kappa shape index (κ1) is 23.4. The van der Waals surface area contributed by atoms with Gasteiger partial charge < -0.3 is 9.84 Å². The van der Waals surface area contributed by atoms with Crippen molar-refractivity contribution in [3.8, 4) is 5.75 Å². The Morgan fingerprint density at radius 3 is 2.38 bits per heavy atom. The third-order valence-corrected chi connectivity index (χ3v) is 6.51. The summed E-state index contributed by atoms with van der Waals surface area (Å²) in [4.78, 5) is 31.5. The topological polar surface area (TPSA) is 140 Å². The van der Waals surface area contributed by atoms with E-state index < -0.39 is 33.5 Å². The van der Waals surface area contributed by atoms with Gasteiger partial charge in [0.1, 0.15) is 17.6 Å². The van der Waals surface area contributed by atoms with Crippen molar-refractivity contribution in [1.29, 1.82) is 0 Å². The lowest BCUT2D eigenvalue weighted by atomic mass is 9.98. The van der Waals surface area contributed by atoms with E-state index >= 15 is 0 Å². The first-order chi connectivity index (χ1) is 16.1. The molecular weight excluding hydrogens is 482 g/mol. The van der Waals surface area contributed by atoms with Crippen molar-refractivity contribution < 1.29 is 27.9 Å². The van der Waals surface area contributed by atoms with E-state index in [1.165, 1.54) is 55.8 Å². The van der Waals surface area contributed by atoms with Crippen LogP contribution in [0.1, 0.15) is 17.3 Å². The Balaban J connectivity index is 1.90. The molecule has 4 rings (SSSR count). The number of aliphatic hydroxyl groups excluding tert-OH is 1. The molecule has 1 amide bonds. The average Bonchev–Trinajstić information content (AvgIpc) is 3.09. The highest BCUT2D eigenvalue weighted by Crippen LogP contribution is 2.42. The fraction of sp³-hybridized carbons (Fsp3) is 0.0870. The van der Waals surface area contributed by atoms with Gasteiger partial charge in [-0.2, -0.15) is 0 Å². The van der Waals surface area contributed by atoms with Gasteiger partial charge >= 0.3 is 0 Å². The molecule has 0 saturated carbocycles. The number of primary sulfonamides is 1. The maximum absolute atomic E-state index is 13.1. The van der Waals surface area contributed by atoms with E-state index in [4.69, 9.17) is 21.5 Å². The number of anilines is 1. The number of methoxy groups -OCH3 is 1. The maximum atomic E-state index is 13.1. The summed E-state index contributed by atoms with van der Waals surface area (Å²) in [5.74, 6) is -1.92. The quantitative estimate of drug-likeness (QED) is 0.312. The van der Waals surface area contributed by atoms with Gasteiger partial charge in [-0.15, -0.1) is 0 Å². The molecule has 2 heterocycles. The molecule has 1 saturated heterocycles. The van der Waals surface area contributed by atoms with Crippen LogP contribution in [-0.2, 0) is 19.6 Å². The molecule has 9 nitrogen and oxygen atoms in total. The molecule has 3 aromatic rings. The molecular formula is C23H18ClN3O6S. The molecule has 11 heteroatoms. The third-order valence-electron chi connectivity index (χ3n) is 5.28. The summed E-state index contributed by atoms with van der Waals surface area (Å²) in [5.41, 5.74) is 0.546. The number of sulfonamides is 1. The molecule has 0 radical (unpaired) electrons. The molecule has 0 spiro atoms. The van der Waals surface area contributed by atoms with Crippen LogP contribution in [-0.4, -0.2) is 37.3 Å². The molecule has 34 heavy (non-hydrogen) atoms. The van der Waals surface area contributed by atoms with Crippen LogP contribution in [0.2, 0.25) is 5.02 Å². The highest BCUT2D eigenvalue weighted by atomic mass is 35.5. The number of carbonyl (C=O) groups is 2. The predicted octanol–water partition coefficient (Wildman–Crippen LogP) is 3.02. The first-order valence-electron chi connectivity index (χ1n) is 9.82.